The van der Waals surface area contributed by atoms with Gasteiger partial charge in [0.25, 0.3) is 5.69 Å². The Morgan fingerprint density at radius 2 is 1.30 bits per heavy atom. The molecule has 0 unspecified atom stereocenters. The van der Waals surface area contributed by atoms with Gasteiger partial charge in [0.1, 0.15) is 0 Å². The molecule has 0 bridgehead atoms. The molecule has 142 valence electrons. The van der Waals surface area contributed by atoms with E-state index in [9.17, 15) is 17.3 Å². The molecule has 0 N–H and O–H groups in total. The van der Waals surface area contributed by atoms with Gasteiger partial charge in [0.2, 0.25) is 5.76 Å². The van der Waals surface area contributed by atoms with Crippen molar-refractivity contribution in [3.05, 3.63) is 77.0 Å². The molecule has 0 saturated carbocycles. The zero-order valence-corrected chi connectivity index (χ0v) is 15.3. The Morgan fingerprint density at radius 1 is 0.815 bits per heavy atom. The van der Waals surface area contributed by atoms with E-state index in [0.717, 1.165) is 17.0 Å². The lowest BCUT2D eigenvalue weighted by Crippen LogP contribution is -2.27. The number of aromatic nitrogens is 1. The topological polar surface area (TPSA) is 17.0 Å². The molecular formula is C20H20BF4NO. The van der Waals surface area contributed by atoms with Crippen LogP contribution in [0.15, 0.2) is 59.1 Å². The first-order valence-electron chi connectivity index (χ1n) is 8.31. The Kier molecular flexibility index (Phi) is 6.61. The summed E-state index contributed by atoms with van der Waals surface area (Å²) in [5.41, 5.74) is 5.84. The van der Waals surface area contributed by atoms with Crippen LogP contribution in [0.4, 0.5) is 17.3 Å². The summed E-state index contributed by atoms with van der Waals surface area (Å²) >= 11 is 0. The number of rotatable bonds is 3. The van der Waals surface area contributed by atoms with Crippen LogP contribution in [0.25, 0.3) is 23.5 Å². The molecule has 1 heterocycles. The minimum Gasteiger partial charge on any atom is -0.418 e. The number of benzene rings is 2. The average Bonchev–Trinajstić information content (AvgIpc) is 2.94. The Bertz CT molecular complexity index is 891. The van der Waals surface area contributed by atoms with Gasteiger partial charge in [-0.2, -0.15) is 0 Å². The van der Waals surface area contributed by atoms with Gasteiger partial charge in [-0.1, -0.05) is 59.7 Å². The highest BCUT2D eigenvalue weighted by molar-refractivity contribution is 6.50. The lowest BCUT2D eigenvalue weighted by Gasteiger charge is -1.94. The van der Waals surface area contributed by atoms with E-state index < -0.39 is 7.25 Å². The van der Waals surface area contributed by atoms with Crippen molar-refractivity contribution in [2.24, 2.45) is 7.05 Å². The van der Waals surface area contributed by atoms with Crippen molar-refractivity contribution in [1.82, 2.24) is 0 Å². The first-order chi connectivity index (χ1) is 12.6. The van der Waals surface area contributed by atoms with E-state index in [0.29, 0.717) is 0 Å². The number of aryl methyl sites for hydroxylation is 3. The maximum absolute atomic E-state index is 9.75. The molecule has 0 radical (unpaired) electrons. The molecule has 0 aliphatic heterocycles. The highest BCUT2D eigenvalue weighted by Crippen LogP contribution is 2.20. The SMILES string of the molecule is Cc1ccc(/C=C/c2cc(-c3ccc(C)cc3)o[n+]2C)cc1.F[B-](F)(F)F. The van der Waals surface area contributed by atoms with Gasteiger partial charge >= 0.3 is 7.25 Å². The molecule has 0 aliphatic rings. The van der Waals surface area contributed by atoms with E-state index in [4.69, 9.17) is 4.52 Å². The first-order valence-corrected chi connectivity index (χ1v) is 8.31. The summed E-state index contributed by atoms with van der Waals surface area (Å²) in [5, 5.41) is 0. The van der Waals surface area contributed by atoms with Crippen molar-refractivity contribution < 1.29 is 26.5 Å². The quantitative estimate of drug-likeness (QED) is 0.318. The van der Waals surface area contributed by atoms with Crippen LogP contribution in [0.2, 0.25) is 0 Å². The normalized spacial score (nSPS) is 11.4. The fourth-order valence-electron chi connectivity index (χ4n) is 2.32. The molecule has 27 heavy (non-hydrogen) atoms. The van der Waals surface area contributed by atoms with Gasteiger partial charge in [0.05, 0.1) is 6.07 Å². The van der Waals surface area contributed by atoms with Crippen molar-refractivity contribution in [2.45, 2.75) is 13.8 Å². The predicted molar refractivity (Wildman–Crippen MR) is 100 cm³/mol. The molecule has 0 spiro atoms. The van der Waals surface area contributed by atoms with E-state index in [1.54, 1.807) is 4.74 Å². The van der Waals surface area contributed by atoms with Crippen molar-refractivity contribution >= 4 is 19.4 Å². The van der Waals surface area contributed by atoms with E-state index in [2.05, 4.69) is 80.6 Å². The van der Waals surface area contributed by atoms with Gasteiger partial charge in [-0.3, -0.25) is 0 Å². The van der Waals surface area contributed by atoms with Gasteiger partial charge in [-0.15, -0.1) is 0 Å². The number of hydrogen-bond donors (Lipinski definition) is 0. The molecule has 3 rings (SSSR count). The summed E-state index contributed by atoms with van der Waals surface area (Å²) in [6.45, 7) is 4.18. The predicted octanol–water partition coefficient (Wildman–Crippen LogP) is 5.86. The third-order valence-electron chi connectivity index (χ3n) is 3.74. The highest BCUT2D eigenvalue weighted by atomic mass is 19.5. The molecule has 0 aliphatic carbocycles. The first kappa shape index (κ1) is 20.5. The Labute approximate surface area is 155 Å². The summed E-state index contributed by atoms with van der Waals surface area (Å²) < 4.78 is 46.6. The standard InChI is InChI=1S/C20H20NO.BF4/c1-15-4-8-17(9-5-15)10-13-19-14-20(22-21(19)3)18-11-6-16(2)7-12-18;2-1(3,4)5/h4-14H,1-3H3;/q+1;-1/b13-10+;. The van der Waals surface area contributed by atoms with E-state index in [1.807, 2.05) is 7.05 Å². The van der Waals surface area contributed by atoms with E-state index >= 15 is 0 Å². The maximum Gasteiger partial charge on any atom is 0.673 e. The molecule has 0 fully saturated rings. The summed E-state index contributed by atoms with van der Waals surface area (Å²) in [4.78, 5) is 0. The van der Waals surface area contributed by atoms with Crippen LogP contribution in [-0.4, -0.2) is 7.25 Å². The third kappa shape index (κ3) is 7.13. The molecule has 1 aromatic heterocycles. The van der Waals surface area contributed by atoms with Gasteiger partial charge in [0, 0.05) is 11.6 Å². The second-order valence-electron chi connectivity index (χ2n) is 6.13. The van der Waals surface area contributed by atoms with Crippen LogP contribution in [0.1, 0.15) is 22.4 Å². The van der Waals surface area contributed by atoms with Crippen molar-refractivity contribution in [2.75, 3.05) is 0 Å². The van der Waals surface area contributed by atoms with Crippen molar-refractivity contribution in [3.8, 4) is 11.3 Å². The molecule has 2 aromatic carbocycles. The van der Waals surface area contributed by atoms with Crippen LogP contribution in [0.3, 0.4) is 0 Å². The second-order valence-corrected chi connectivity index (χ2v) is 6.13. The van der Waals surface area contributed by atoms with Gasteiger partial charge in [0.15, 0.2) is 7.05 Å². The zero-order valence-electron chi connectivity index (χ0n) is 15.3. The summed E-state index contributed by atoms with van der Waals surface area (Å²) in [5.74, 6) is 0.881. The highest BCUT2D eigenvalue weighted by Gasteiger charge is 2.20. The molecule has 2 nitrogen and oxygen atoms in total. The summed E-state index contributed by atoms with van der Waals surface area (Å²) in [7, 11) is -4.08. The van der Waals surface area contributed by atoms with E-state index in [-0.39, 0.29) is 0 Å². The smallest absolute Gasteiger partial charge is 0.418 e. The van der Waals surface area contributed by atoms with Crippen LogP contribution in [0, 0.1) is 13.8 Å². The molecular weight excluding hydrogens is 357 g/mol. The monoisotopic (exact) mass is 377 g/mol. The Morgan fingerprint density at radius 3 is 1.81 bits per heavy atom. The maximum atomic E-state index is 9.75. The molecule has 0 amide bonds. The number of halogens is 4. The number of hydrogen-bond acceptors (Lipinski definition) is 1. The largest absolute Gasteiger partial charge is 0.673 e. The second kappa shape index (κ2) is 8.71. The third-order valence-corrected chi connectivity index (χ3v) is 3.74. The Hall–Kier alpha value is -2.83. The van der Waals surface area contributed by atoms with Crippen LogP contribution < -0.4 is 4.74 Å². The van der Waals surface area contributed by atoms with Crippen LogP contribution in [-0.2, 0) is 7.05 Å². The van der Waals surface area contributed by atoms with Gasteiger partial charge in [-0.05, 0) is 30.2 Å². The fourth-order valence-corrected chi connectivity index (χ4v) is 2.32. The van der Waals surface area contributed by atoms with Gasteiger partial charge in [-0.25, -0.2) is 4.52 Å². The fraction of sp³-hybridized carbons (Fsp3) is 0.150. The van der Waals surface area contributed by atoms with Crippen molar-refractivity contribution in [1.29, 1.82) is 0 Å². The zero-order chi connectivity index (χ0) is 20.0. The summed E-state index contributed by atoms with van der Waals surface area (Å²) in [6.07, 6.45) is 4.18. The average molecular weight is 377 g/mol. The number of nitrogens with zero attached hydrogens (tertiary/aromatic N) is 1. The van der Waals surface area contributed by atoms with Crippen LogP contribution >= 0.6 is 0 Å². The van der Waals surface area contributed by atoms with E-state index in [1.165, 1.54) is 16.7 Å². The van der Waals surface area contributed by atoms with Gasteiger partial charge < -0.3 is 17.3 Å². The molecule has 0 atom stereocenters. The lowest BCUT2D eigenvalue weighted by molar-refractivity contribution is -0.844. The molecule has 0 saturated heterocycles. The molecule has 7 heteroatoms. The lowest BCUT2D eigenvalue weighted by atomic mass is 10.1. The van der Waals surface area contributed by atoms with Crippen LogP contribution in [0.5, 0.6) is 0 Å². The summed E-state index contributed by atoms with van der Waals surface area (Å²) in [6, 6.07) is 18.9. The minimum absolute atomic E-state index is 0.881. The molecule has 3 aromatic rings. The Balaban J connectivity index is 0.000000465. The minimum atomic E-state index is -6.00. The van der Waals surface area contributed by atoms with Crippen molar-refractivity contribution in [3.63, 3.8) is 0 Å².